The van der Waals surface area contributed by atoms with Crippen molar-refractivity contribution in [3.63, 3.8) is 0 Å². The zero-order valence-corrected chi connectivity index (χ0v) is 19.8. The third kappa shape index (κ3) is 6.44. The van der Waals surface area contributed by atoms with Crippen LogP contribution < -0.4 is 21.9 Å². The van der Waals surface area contributed by atoms with Gasteiger partial charge >= 0.3 is 5.69 Å². The van der Waals surface area contributed by atoms with E-state index in [1.807, 2.05) is 43.9 Å². The van der Waals surface area contributed by atoms with Crippen LogP contribution >= 0.6 is 11.6 Å². The Kier molecular flexibility index (Phi) is 9.49. The zero-order chi connectivity index (χ0) is 23.8. The largest absolute Gasteiger partial charge is 0.383 e. The lowest BCUT2D eigenvalue weighted by molar-refractivity contribution is -0.120. The molecule has 2 aromatic rings. The molecule has 9 nitrogen and oxygen atoms in total. The van der Waals surface area contributed by atoms with E-state index in [2.05, 4.69) is 4.98 Å². The molecule has 0 spiro atoms. The van der Waals surface area contributed by atoms with E-state index in [1.54, 1.807) is 6.07 Å². The number of hydrogen-bond donors (Lipinski definition) is 2. The average Bonchev–Trinajstić information content (AvgIpc) is 2.74. The maximum atomic E-state index is 13.3. The average molecular weight is 466 g/mol. The van der Waals surface area contributed by atoms with Gasteiger partial charge in [0.1, 0.15) is 5.82 Å². The van der Waals surface area contributed by atoms with Gasteiger partial charge in [-0.25, -0.2) is 4.79 Å². The molecule has 0 bridgehead atoms. The minimum absolute atomic E-state index is 0.0353. The third-order valence-corrected chi connectivity index (χ3v) is 5.38. The van der Waals surface area contributed by atoms with Crippen LogP contribution in [0.2, 0.25) is 5.02 Å². The molecule has 1 aromatic carbocycles. The van der Waals surface area contributed by atoms with Gasteiger partial charge in [-0.05, 0) is 24.1 Å². The minimum Gasteiger partial charge on any atom is -0.383 e. The minimum atomic E-state index is -0.703. The molecule has 2 rings (SSSR count). The molecule has 1 heterocycles. The number of carbonyl (C=O) groups is 1. The first-order valence-electron chi connectivity index (χ1n) is 10.6. The zero-order valence-electron chi connectivity index (χ0n) is 19.1. The normalized spacial score (nSPS) is 11.3. The number of ether oxygens (including phenoxy) is 1. The predicted molar refractivity (Wildman–Crippen MR) is 127 cm³/mol. The number of rotatable bonds is 11. The summed E-state index contributed by atoms with van der Waals surface area (Å²) in [7, 11) is 1.51. The van der Waals surface area contributed by atoms with Crippen LogP contribution in [0.5, 0.6) is 0 Å². The van der Waals surface area contributed by atoms with Crippen LogP contribution in [0, 0.1) is 5.92 Å². The number of nitrogens with two attached hydrogens (primary N) is 1. The smallest absolute Gasteiger partial charge is 0.330 e. The number of aromatic amines is 1. The van der Waals surface area contributed by atoms with E-state index in [4.69, 9.17) is 22.1 Å². The van der Waals surface area contributed by atoms with Crippen molar-refractivity contribution in [2.75, 3.05) is 44.0 Å². The Labute approximate surface area is 192 Å². The molecule has 10 heteroatoms. The number of likely N-dealkylation sites (N-methyl/N-ethyl adjacent to an activating group) is 1. The maximum absolute atomic E-state index is 13.3. The number of aromatic nitrogens is 2. The van der Waals surface area contributed by atoms with E-state index in [1.165, 1.54) is 16.6 Å². The van der Waals surface area contributed by atoms with Gasteiger partial charge in [0, 0.05) is 31.8 Å². The predicted octanol–water partition coefficient (Wildman–Crippen LogP) is 1.93. The Hall–Kier alpha value is -2.62. The van der Waals surface area contributed by atoms with Crippen molar-refractivity contribution < 1.29 is 9.53 Å². The highest BCUT2D eigenvalue weighted by Gasteiger charge is 2.25. The van der Waals surface area contributed by atoms with Crippen LogP contribution in [0.15, 0.2) is 33.9 Å². The highest BCUT2D eigenvalue weighted by atomic mass is 35.5. The highest BCUT2D eigenvalue weighted by molar-refractivity contribution is 6.31. The van der Waals surface area contributed by atoms with Crippen molar-refractivity contribution >= 4 is 29.0 Å². The van der Waals surface area contributed by atoms with Crippen LogP contribution in [0.1, 0.15) is 26.3 Å². The Morgan fingerprint density at radius 2 is 1.97 bits per heavy atom. The summed E-state index contributed by atoms with van der Waals surface area (Å²) in [6.45, 7) is 7.52. The SMILES string of the molecule is CCN(CC(=O)N(CCOC)c1c(N)n(CC(C)C)c(=O)[nH]c1=O)Cc1ccccc1Cl. The molecule has 1 amide bonds. The lowest BCUT2D eigenvalue weighted by Crippen LogP contribution is -2.46. The van der Waals surface area contributed by atoms with Gasteiger partial charge in [-0.2, -0.15) is 0 Å². The molecule has 0 saturated carbocycles. The van der Waals surface area contributed by atoms with Crippen molar-refractivity contribution in [3.05, 3.63) is 55.7 Å². The summed E-state index contributed by atoms with van der Waals surface area (Å²) in [4.78, 5) is 43.8. The van der Waals surface area contributed by atoms with Crippen molar-refractivity contribution in [3.8, 4) is 0 Å². The molecule has 176 valence electrons. The molecule has 0 unspecified atom stereocenters. The first-order valence-corrected chi connectivity index (χ1v) is 10.9. The highest BCUT2D eigenvalue weighted by Crippen LogP contribution is 2.20. The number of nitrogens with one attached hydrogen (secondary N) is 1. The fraction of sp³-hybridized carbons (Fsp3) is 0.500. The summed E-state index contributed by atoms with van der Waals surface area (Å²) in [6, 6.07) is 7.44. The number of anilines is 2. The summed E-state index contributed by atoms with van der Waals surface area (Å²) >= 11 is 6.27. The fourth-order valence-corrected chi connectivity index (χ4v) is 3.55. The topological polar surface area (TPSA) is 114 Å². The van der Waals surface area contributed by atoms with Crippen molar-refractivity contribution in [1.82, 2.24) is 14.5 Å². The van der Waals surface area contributed by atoms with Crippen LogP contribution in [0.3, 0.4) is 0 Å². The number of hydrogen-bond acceptors (Lipinski definition) is 6. The van der Waals surface area contributed by atoms with Gasteiger partial charge in [0.25, 0.3) is 5.56 Å². The van der Waals surface area contributed by atoms with Crippen molar-refractivity contribution in [1.29, 1.82) is 0 Å². The molecule has 0 saturated heterocycles. The van der Waals surface area contributed by atoms with Gasteiger partial charge in [-0.15, -0.1) is 0 Å². The molecule has 0 radical (unpaired) electrons. The van der Waals surface area contributed by atoms with E-state index in [-0.39, 0.29) is 43.0 Å². The third-order valence-electron chi connectivity index (χ3n) is 5.01. The van der Waals surface area contributed by atoms with Gasteiger partial charge < -0.3 is 15.4 Å². The summed E-state index contributed by atoms with van der Waals surface area (Å²) in [5.41, 5.74) is 5.78. The van der Waals surface area contributed by atoms with Gasteiger partial charge in [0.2, 0.25) is 5.91 Å². The van der Waals surface area contributed by atoms with E-state index < -0.39 is 11.2 Å². The number of methoxy groups -OCH3 is 1. The maximum Gasteiger partial charge on any atom is 0.330 e. The molecule has 3 N–H and O–H groups in total. The van der Waals surface area contributed by atoms with Crippen molar-refractivity contribution in [2.45, 2.75) is 33.9 Å². The molecule has 0 aliphatic heterocycles. The van der Waals surface area contributed by atoms with Gasteiger partial charge in [-0.3, -0.25) is 24.0 Å². The molecule has 0 fully saturated rings. The molecular weight excluding hydrogens is 434 g/mol. The number of benzene rings is 1. The van der Waals surface area contributed by atoms with E-state index >= 15 is 0 Å². The first-order chi connectivity index (χ1) is 15.2. The standard InChI is InChI=1S/C22H32ClN5O4/c1-5-26(13-16-8-6-7-9-17(16)23)14-18(29)27(10-11-32-4)19-20(24)28(12-15(2)3)22(31)25-21(19)30/h6-9,15H,5,10-14,24H2,1-4H3,(H,25,30,31). The Morgan fingerprint density at radius 3 is 2.56 bits per heavy atom. The number of H-pyrrole nitrogens is 1. The molecule has 0 atom stereocenters. The summed E-state index contributed by atoms with van der Waals surface area (Å²) in [5.74, 6) is -0.253. The molecule has 0 aliphatic carbocycles. The lowest BCUT2D eigenvalue weighted by Gasteiger charge is -2.28. The van der Waals surface area contributed by atoms with E-state index in [0.29, 0.717) is 24.7 Å². The van der Waals surface area contributed by atoms with Crippen LogP contribution in [-0.2, 0) is 22.6 Å². The van der Waals surface area contributed by atoms with Gasteiger partial charge in [0.15, 0.2) is 5.69 Å². The number of amides is 1. The lowest BCUT2D eigenvalue weighted by atomic mass is 10.2. The molecule has 0 aliphatic rings. The molecule has 32 heavy (non-hydrogen) atoms. The first kappa shape index (κ1) is 25.6. The van der Waals surface area contributed by atoms with Crippen molar-refractivity contribution in [2.24, 2.45) is 5.92 Å². The summed E-state index contributed by atoms with van der Waals surface area (Å²) in [5, 5.41) is 0.621. The second kappa shape index (κ2) is 11.8. The van der Waals surface area contributed by atoms with E-state index in [9.17, 15) is 14.4 Å². The van der Waals surface area contributed by atoms with Gasteiger partial charge in [-0.1, -0.05) is 50.6 Å². The Bertz CT molecular complexity index is 1030. The number of halogens is 1. The Balaban J connectivity index is 2.38. The second-order valence-electron chi connectivity index (χ2n) is 7.93. The van der Waals surface area contributed by atoms with E-state index in [0.717, 1.165) is 5.56 Å². The molecule has 1 aromatic heterocycles. The van der Waals surface area contributed by atoms with Gasteiger partial charge in [0.05, 0.1) is 13.2 Å². The summed E-state index contributed by atoms with van der Waals surface area (Å²) < 4.78 is 6.43. The fourth-order valence-electron chi connectivity index (χ4n) is 3.35. The van der Waals surface area contributed by atoms with Crippen LogP contribution in [0.25, 0.3) is 0 Å². The number of nitrogens with zero attached hydrogens (tertiary/aromatic N) is 3. The number of nitrogen functional groups attached to an aromatic ring is 1. The monoisotopic (exact) mass is 465 g/mol. The second-order valence-corrected chi connectivity index (χ2v) is 8.34. The molecular formula is C22H32ClN5O4. The quantitative estimate of drug-likeness (QED) is 0.524. The number of carbonyl (C=O) groups excluding carboxylic acids is 1. The van der Waals surface area contributed by atoms with Crippen LogP contribution in [0.4, 0.5) is 11.5 Å². The Morgan fingerprint density at radius 1 is 1.28 bits per heavy atom. The van der Waals surface area contributed by atoms with Crippen LogP contribution in [-0.4, -0.2) is 53.7 Å². The summed E-state index contributed by atoms with van der Waals surface area (Å²) in [6.07, 6.45) is 0.